The van der Waals surface area contributed by atoms with Crippen molar-refractivity contribution in [2.75, 3.05) is 0 Å². The van der Waals surface area contributed by atoms with E-state index in [1.165, 1.54) is 0 Å². The normalized spacial score (nSPS) is 11.3. The molecule has 0 unspecified atom stereocenters. The molecule has 13 heavy (non-hydrogen) atoms. The third-order valence-electron chi connectivity index (χ3n) is 2.00. The molecule has 0 saturated carbocycles. The molecule has 1 radical (unpaired) electrons. The number of carbonyl (C=O) groups is 1. The second-order valence-electron chi connectivity index (χ2n) is 3.48. The van der Waals surface area contributed by atoms with Crippen molar-refractivity contribution in [1.29, 1.82) is 0 Å². The molecule has 0 saturated heterocycles. The Labute approximate surface area is 77.4 Å². The maximum absolute atomic E-state index is 10.9. The Balaban J connectivity index is 3.08. The Hall–Kier alpha value is -1.38. The second kappa shape index (κ2) is 3.17. The van der Waals surface area contributed by atoms with E-state index in [2.05, 4.69) is 11.9 Å². The highest BCUT2D eigenvalue weighted by Gasteiger charge is 2.30. The molecule has 0 fully saturated rings. The van der Waals surface area contributed by atoms with Crippen molar-refractivity contribution in [2.24, 2.45) is 0 Å². The minimum absolute atomic E-state index is 0.549. The van der Waals surface area contributed by atoms with Gasteiger partial charge >= 0.3 is 5.97 Å². The fourth-order valence-electron chi connectivity index (χ4n) is 0.904. The first kappa shape index (κ1) is 9.71. The molecule has 1 aromatic rings. The van der Waals surface area contributed by atoms with Gasteiger partial charge in [0.2, 0.25) is 0 Å². The van der Waals surface area contributed by atoms with Gasteiger partial charge in [0.1, 0.15) is 5.41 Å². The van der Waals surface area contributed by atoms with E-state index in [-0.39, 0.29) is 0 Å². The van der Waals surface area contributed by atoms with E-state index in [9.17, 15) is 4.79 Å². The van der Waals surface area contributed by atoms with E-state index in [0.717, 1.165) is 5.56 Å². The van der Waals surface area contributed by atoms with Crippen LogP contribution in [0, 0.1) is 6.92 Å². The number of pyridine rings is 1. The van der Waals surface area contributed by atoms with Crippen LogP contribution in [-0.2, 0) is 10.2 Å². The van der Waals surface area contributed by atoms with E-state index < -0.39 is 11.4 Å². The zero-order valence-corrected chi connectivity index (χ0v) is 7.74. The van der Waals surface area contributed by atoms with Crippen LogP contribution in [0.2, 0.25) is 0 Å². The van der Waals surface area contributed by atoms with Crippen LogP contribution in [0.25, 0.3) is 0 Å². The molecule has 69 valence electrons. The molecule has 1 N–H and O–H groups in total. The van der Waals surface area contributed by atoms with Crippen LogP contribution in [-0.4, -0.2) is 16.1 Å². The summed E-state index contributed by atoms with van der Waals surface area (Å²) in [5.74, 6) is -0.878. The number of hydrogen-bond donors (Lipinski definition) is 1. The summed E-state index contributed by atoms with van der Waals surface area (Å²) in [6, 6.07) is 3.45. The van der Waals surface area contributed by atoms with E-state index in [0.29, 0.717) is 5.69 Å². The molecule has 1 heterocycles. The SMILES string of the molecule is [CH2]c1ccc(C(C)(C)C(=O)O)nc1. The number of aromatic nitrogens is 1. The Morgan fingerprint density at radius 3 is 2.54 bits per heavy atom. The fraction of sp³-hybridized carbons (Fsp3) is 0.300. The number of nitrogens with zero attached hydrogens (tertiary/aromatic N) is 1. The summed E-state index contributed by atoms with van der Waals surface area (Å²) in [6.07, 6.45) is 1.57. The van der Waals surface area contributed by atoms with Crippen LogP contribution in [0.4, 0.5) is 0 Å². The first-order chi connectivity index (χ1) is 5.94. The average molecular weight is 178 g/mol. The zero-order chi connectivity index (χ0) is 10.1. The van der Waals surface area contributed by atoms with E-state index in [1.54, 1.807) is 32.2 Å². The van der Waals surface area contributed by atoms with Crippen LogP contribution in [0.3, 0.4) is 0 Å². The van der Waals surface area contributed by atoms with Gasteiger partial charge in [0.15, 0.2) is 0 Å². The Morgan fingerprint density at radius 1 is 1.54 bits per heavy atom. The average Bonchev–Trinajstić information content (AvgIpc) is 2.04. The summed E-state index contributed by atoms with van der Waals surface area (Å²) in [7, 11) is 0. The first-order valence-electron chi connectivity index (χ1n) is 3.96. The molecule has 1 aromatic heterocycles. The molecular weight excluding hydrogens is 166 g/mol. The molecule has 0 aliphatic rings. The van der Waals surface area contributed by atoms with Crippen molar-refractivity contribution in [3.8, 4) is 0 Å². The number of hydrogen-bond acceptors (Lipinski definition) is 2. The topological polar surface area (TPSA) is 50.2 Å². The lowest BCUT2D eigenvalue weighted by molar-refractivity contribution is -0.142. The van der Waals surface area contributed by atoms with Crippen molar-refractivity contribution in [3.05, 3.63) is 36.5 Å². The van der Waals surface area contributed by atoms with Crippen molar-refractivity contribution < 1.29 is 9.90 Å². The molecular formula is C10H12NO2. The highest BCUT2D eigenvalue weighted by atomic mass is 16.4. The monoisotopic (exact) mass is 178 g/mol. The van der Waals surface area contributed by atoms with Crippen LogP contribution in [0.5, 0.6) is 0 Å². The summed E-state index contributed by atoms with van der Waals surface area (Å²) in [5.41, 5.74) is 0.394. The quantitative estimate of drug-likeness (QED) is 0.748. The summed E-state index contributed by atoms with van der Waals surface area (Å²) in [5, 5.41) is 8.91. The second-order valence-corrected chi connectivity index (χ2v) is 3.48. The molecule has 0 atom stereocenters. The molecule has 1 rings (SSSR count). The van der Waals surface area contributed by atoms with Crippen LogP contribution in [0.1, 0.15) is 25.1 Å². The molecule has 3 heteroatoms. The van der Waals surface area contributed by atoms with Gasteiger partial charge < -0.3 is 5.11 Å². The molecule has 0 aliphatic heterocycles. The molecule has 0 amide bonds. The fourth-order valence-corrected chi connectivity index (χ4v) is 0.904. The van der Waals surface area contributed by atoms with E-state index in [4.69, 9.17) is 5.11 Å². The summed E-state index contributed by atoms with van der Waals surface area (Å²) in [6.45, 7) is 6.93. The highest BCUT2D eigenvalue weighted by molar-refractivity contribution is 5.79. The Morgan fingerprint density at radius 2 is 2.15 bits per heavy atom. The van der Waals surface area contributed by atoms with Gasteiger partial charge in [0.05, 0.1) is 5.69 Å². The minimum atomic E-state index is -0.937. The van der Waals surface area contributed by atoms with Gasteiger partial charge in [0.25, 0.3) is 0 Å². The standard InChI is InChI=1S/C10H12NO2/c1-7-4-5-8(11-6-7)10(2,3)9(12)13/h4-6H,1H2,2-3H3,(H,12,13). The molecule has 0 aliphatic carbocycles. The lowest BCUT2D eigenvalue weighted by Crippen LogP contribution is -2.29. The lowest BCUT2D eigenvalue weighted by Gasteiger charge is -2.17. The van der Waals surface area contributed by atoms with Gasteiger partial charge in [-0.1, -0.05) is 6.07 Å². The number of aliphatic carboxylic acids is 1. The first-order valence-corrected chi connectivity index (χ1v) is 3.96. The predicted molar refractivity (Wildman–Crippen MR) is 49.4 cm³/mol. The maximum atomic E-state index is 10.9. The predicted octanol–water partition coefficient (Wildman–Crippen LogP) is 1.63. The van der Waals surface area contributed by atoms with Crippen LogP contribution < -0.4 is 0 Å². The van der Waals surface area contributed by atoms with Gasteiger partial charge in [0, 0.05) is 6.20 Å². The van der Waals surface area contributed by atoms with Crippen molar-refractivity contribution in [3.63, 3.8) is 0 Å². The summed E-state index contributed by atoms with van der Waals surface area (Å²) in [4.78, 5) is 14.9. The summed E-state index contributed by atoms with van der Waals surface area (Å²) >= 11 is 0. The number of carboxylic acid groups (broad SMARTS) is 1. The van der Waals surface area contributed by atoms with E-state index >= 15 is 0 Å². The van der Waals surface area contributed by atoms with Gasteiger partial charge in [-0.25, -0.2) is 0 Å². The molecule has 0 spiro atoms. The van der Waals surface area contributed by atoms with Crippen molar-refractivity contribution >= 4 is 5.97 Å². The highest BCUT2D eigenvalue weighted by Crippen LogP contribution is 2.20. The van der Waals surface area contributed by atoms with Gasteiger partial charge in [-0.2, -0.15) is 0 Å². The number of carboxylic acids is 1. The zero-order valence-electron chi connectivity index (χ0n) is 7.74. The molecule has 0 aromatic carbocycles. The van der Waals surface area contributed by atoms with Crippen LogP contribution >= 0.6 is 0 Å². The maximum Gasteiger partial charge on any atom is 0.315 e. The molecule has 0 bridgehead atoms. The summed E-state index contributed by atoms with van der Waals surface area (Å²) < 4.78 is 0. The van der Waals surface area contributed by atoms with Crippen molar-refractivity contribution in [1.82, 2.24) is 4.98 Å². The third kappa shape index (κ3) is 1.86. The van der Waals surface area contributed by atoms with Gasteiger partial charge in [-0.05, 0) is 32.4 Å². The van der Waals surface area contributed by atoms with Gasteiger partial charge in [-0.15, -0.1) is 0 Å². The molecule has 3 nitrogen and oxygen atoms in total. The van der Waals surface area contributed by atoms with Gasteiger partial charge in [-0.3, -0.25) is 9.78 Å². The smallest absolute Gasteiger partial charge is 0.315 e. The van der Waals surface area contributed by atoms with Crippen LogP contribution in [0.15, 0.2) is 18.3 Å². The Bertz CT molecular complexity index is 314. The van der Waals surface area contributed by atoms with Crippen molar-refractivity contribution in [2.45, 2.75) is 19.3 Å². The number of rotatable bonds is 2. The minimum Gasteiger partial charge on any atom is -0.481 e. The largest absolute Gasteiger partial charge is 0.481 e. The lowest BCUT2D eigenvalue weighted by atomic mass is 9.89. The third-order valence-corrected chi connectivity index (χ3v) is 2.00. The Kier molecular flexibility index (Phi) is 2.36. The van der Waals surface area contributed by atoms with E-state index in [1.807, 2.05) is 0 Å².